The summed E-state index contributed by atoms with van der Waals surface area (Å²) in [5.41, 5.74) is 1.88. The van der Waals surface area contributed by atoms with Crippen molar-refractivity contribution >= 4 is 27.1 Å². The molecule has 0 radical (unpaired) electrons. The van der Waals surface area contributed by atoms with Gasteiger partial charge in [-0.3, -0.25) is 4.79 Å². The molecule has 45 heavy (non-hydrogen) atoms. The van der Waals surface area contributed by atoms with Crippen LogP contribution in [-0.4, -0.2) is 80.6 Å². The fourth-order valence-corrected chi connectivity index (χ4v) is 9.02. The molecule has 3 rings (SSSR count). The van der Waals surface area contributed by atoms with Gasteiger partial charge in [-0.25, -0.2) is 8.42 Å². The number of fused-ring (bicyclic) bond motifs is 1. The van der Waals surface area contributed by atoms with Crippen LogP contribution in [0.2, 0.25) is 0 Å². The molecular formula is C36H59N4O4S+. The Bertz CT molecular complexity index is 1340. The molecule has 0 spiro atoms. The number of nitrogens with one attached hydrogen (secondary N) is 1. The minimum Gasteiger partial charge on any atom is -0.378 e. The summed E-state index contributed by atoms with van der Waals surface area (Å²) in [5, 5.41) is 16.7. The molecule has 0 unspecified atom stereocenters. The molecule has 0 bridgehead atoms. The quantitative estimate of drug-likeness (QED) is 0.138. The van der Waals surface area contributed by atoms with Crippen molar-refractivity contribution in [3.63, 3.8) is 0 Å². The van der Waals surface area contributed by atoms with E-state index in [-0.39, 0.29) is 16.6 Å². The number of unbranched alkanes of at least 4 members (excludes halogenated alkanes) is 3. The van der Waals surface area contributed by atoms with Gasteiger partial charge in [0.05, 0.1) is 48.4 Å². The highest BCUT2D eigenvalue weighted by atomic mass is 32.2. The zero-order valence-electron chi connectivity index (χ0n) is 28.9. The molecule has 2 aromatic carbocycles. The van der Waals surface area contributed by atoms with Gasteiger partial charge in [-0.1, -0.05) is 51.7 Å². The highest BCUT2D eigenvalue weighted by molar-refractivity contribution is 7.91. The number of carbonyl (C=O) groups is 1. The molecule has 1 heterocycles. The summed E-state index contributed by atoms with van der Waals surface area (Å²) >= 11 is 0. The molecule has 1 aliphatic heterocycles. The highest BCUT2D eigenvalue weighted by Gasteiger charge is 2.48. The molecular weight excluding hydrogens is 584 g/mol. The molecule has 0 aromatic heterocycles. The van der Waals surface area contributed by atoms with Crippen molar-refractivity contribution in [2.45, 2.75) is 109 Å². The van der Waals surface area contributed by atoms with Crippen molar-refractivity contribution in [2.75, 3.05) is 56.2 Å². The number of hydrogen-bond donors (Lipinski definition) is 2. The Labute approximate surface area is 273 Å². The molecule has 1 atom stereocenters. The van der Waals surface area contributed by atoms with Gasteiger partial charge in [0.1, 0.15) is 0 Å². The van der Waals surface area contributed by atoms with E-state index in [1.165, 1.54) is 5.06 Å². The lowest BCUT2D eigenvalue weighted by Gasteiger charge is -2.42. The van der Waals surface area contributed by atoms with Crippen LogP contribution in [0.4, 0.5) is 11.4 Å². The third-order valence-electron chi connectivity index (χ3n) is 10.1. The van der Waals surface area contributed by atoms with Gasteiger partial charge in [0.25, 0.3) is 0 Å². The van der Waals surface area contributed by atoms with E-state index in [9.17, 15) is 18.4 Å². The van der Waals surface area contributed by atoms with Crippen LogP contribution >= 0.6 is 0 Å². The summed E-state index contributed by atoms with van der Waals surface area (Å²) in [5.74, 6) is -0.166. The van der Waals surface area contributed by atoms with Gasteiger partial charge >= 0.3 is 0 Å². The summed E-state index contributed by atoms with van der Waals surface area (Å²) in [6, 6.07) is 12.3. The van der Waals surface area contributed by atoms with Gasteiger partial charge in [-0.05, 0) is 87.9 Å². The molecule has 1 aliphatic rings. The lowest BCUT2D eigenvalue weighted by atomic mass is 9.85. The van der Waals surface area contributed by atoms with Crippen LogP contribution in [0.1, 0.15) is 110 Å². The van der Waals surface area contributed by atoms with E-state index in [0.717, 1.165) is 80.4 Å². The van der Waals surface area contributed by atoms with Crippen LogP contribution in [0, 0.1) is 0 Å². The molecule has 9 heteroatoms. The molecule has 8 nitrogen and oxygen atoms in total. The average Bonchev–Trinajstić information content (AvgIpc) is 3.09. The second-order valence-corrected chi connectivity index (χ2v) is 15.2. The second kappa shape index (κ2) is 16.4. The summed E-state index contributed by atoms with van der Waals surface area (Å²) in [6.07, 6.45) is 6.86. The highest BCUT2D eigenvalue weighted by Crippen LogP contribution is 2.46. The molecule has 2 aromatic rings. The SMILES string of the molecule is CCCCC1(CCCC)CS(=O)(=O)c2ccc(N(C)C)cc2[C@@H](c2cccc(NC(=O)CCCC[N+](CC)(CC)CC)c2)N1O. The van der Waals surface area contributed by atoms with E-state index in [4.69, 9.17) is 0 Å². The molecule has 1 amide bonds. The number of amides is 1. The third kappa shape index (κ3) is 8.88. The van der Waals surface area contributed by atoms with Gasteiger partial charge in [0, 0.05) is 31.9 Å². The first-order valence-electron chi connectivity index (χ1n) is 17.2. The van der Waals surface area contributed by atoms with E-state index in [1.54, 1.807) is 6.07 Å². The minimum atomic E-state index is -3.71. The van der Waals surface area contributed by atoms with Gasteiger partial charge < -0.3 is 19.9 Å². The van der Waals surface area contributed by atoms with E-state index < -0.39 is 21.4 Å². The summed E-state index contributed by atoms with van der Waals surface area (Å²) < 4.78 is 29.2. The molecule has 0 saturated carbocycles. The number of rotatable bonds is 17. The van der Waals surface area contributed by atoms with Crippen molar-refractivity contribution in [2.24, 2.45) is 0 Å². The predicted molar refractivity (Wildman–Crippen MR) is 186 cm³/mol. The molecule has 0 saturated heterocycles. The Kier molecular flexibility index (Phi) is 13.5. The normalized spacial score (nSPS) is 17.8. The smallest absolute Gasteiger partial charge is 0.224 e. The van der Waals surface area contributed by atoms with Crippen molar-refractivity contribution in [3.8, 4) is 0 Å². The van der Waals surface area contributed by atoms with Gasteiger partial charge in [0.15, 0.2) is 9.84 Å². The number of nitrogens with zero attached hydrogens (tertiary/aromatic N) is 3. The zero-order valence-corrected chi connectivity index (χ0v) is 29.8. The molecule has 2 N–H and O–H groups in total. The Morgan fingerprint density at radius 3 is 2.18 bits per heavy atom. The van der Waals surface area contributed by atoms with Crippen LogP contribution in [0.3, 0.4) is 0 Å². The number of hydrogen-bond acceptors (Lipinski definition) is 6. The van der Waals surface area contributed by atoms with E-state index in [2.05, 4.69) is 39.9 Å². The zero-order chi connectivity index (χ0) is 33.3. The summed E-state index contributed by atoms with van der Waals surface area (Å²) in [4.78, 5) is 15.2. The maximum absolute atomic E-state index is 14.1. The minimum absolute atomic E-state index is 0.0328. The first kappa shape index (κ1) is 37.0. The largest absolute Gasteiger partial charge is 0.378 e. The van der Waals surface area contributed by atoms with E-state index in [1.807, 2.05) is 55.4 Å². The van der Waals surface area contributed by atoms with Crippen molar-refractivity contribution < 1.29 is 22.9 Å². The lowest BCUT2D eigenvalue weighted by Crippen LogP contribution is -2.52. The number of sulfone groups is 1. The summed E-state index contributed by atoms with van der Waals surface area (Å²) in [6.45, 7) is 15.3. The molecule has 0 fully saturated rings. The Hall–Kier alpha value is -2.46. The monoisotopic (exact) mass is 643 g/mol. The topological polar surface area (TPSA) is 90.0 Å². The van der Waals surface area contributed by atoms with E-state index in [0.29, 0.717) is 30.5 Å². The predicted octanol–water partition coefficient (Wildman–Crippen LogP) is 7.43. The van der Waals surface area contributed by atoms with Crippen molar-refractivity contribution in [1.29, 1.82) is 0 Å². The van der Waals surface area contributed by atoms with Crippen LogP contribution < -0.4 is 10.2 Å². The second-order valence-electron chi connectivity index (χ2n) is 13.2. The standard InChI is InChI=1S/C36H58N4O4S/c1-8-13-23-36(24-14-9-2)28-45(43,44)33-22-21-31(38(6)7)27-32(33)35(39(36)42)29-18-17-19-30(26-29)37-34(41)20-15-16-25-40(10-3,11-4)12-5/h17-19,21-22,26-27,35,42H,8-16,20,23-25,28H2,1-7H3/p+1/t35-/m1/s1. The van der Waals surface area contributed by atoms with Gasteiger partial charge in [-0.2, -0.15) is 5.06 Å². The van der Waals surface area contributed by atoms with Crippen LogP contribution in [0.5, 0.6) is 0 Å². The van der Waals surface area contributed by atoms with Crippen LogP contribution in [-0.2, 0) is 14.6 Å². The van der Waals surface area contributed by atoms with Crippen molar-refractivity contribution in [3.05, 3.63) is 53.6 Å². The first-order valence-corrected chi connectivity index (χ1v) is 18.8. The number of carbonyl (C=O) groups excluding carboxylic acids is 1. The molecule has 252 valence electrons. The number of hydroxylamine groups is 2. The molecule has 0 aliphatic carbocycles. The van der Waals surface area contributed by atoms with Crippen LogP contribution in [0.25, 0.3) is 0 Å². The van der Waals surface area contributed by atoms with Gasteiger partial charge in [0.2, 0.25) is 5.91 Å². The third-order valence-corrected chi connectivity index (χ3v) is 12.1. The first-order chi connectivity index (χ1) is 21.4. The Morgan fingerprint density at radius 2 is 1.60 bits per heavy atom. The maximum Gasteiger partial charge on any atom is 0.224 e. The number of benzene rings is 2. The Morgan fingerprint density at radius 1 is 0.956 bits per heavy atom. The van der Waals surface area contributed by atoms with E-state index >= 15 is 0 Å². The fraction of sp³-hybridized carbons (Fsp3) is 0.639. The van der Waals surface area contributed by atoms with Gasteiger partial charge in [-0.15, -0.1) is 0 Å². The van der Waals surface area contributed by atoms with Crippen LogP contribution in [0.15, 0.2) is 47.4 Å². The van der Waals surface area contributed by atoms with Crippen molar-refractivity contribution in [1.82, 2.24) is 5.06 Å². The average molecular weight is 644 g/mol. The fourth-order valence-electron chi connectivity index (χ4n) is 6.93. The number of anilines is 2. The number of quaternary nitrogens is 1. The Balaban J connectivity index is 1.99. The summed E-state index contributed by atoms with van der Waals surface area (Å²) in [7, 11) is 0.135. The lowest BCUT2D eigenvalue weighted by molar-refractivity contribution is -0.923. The maximum atomic E-state index is 14.1.